The lowest BCUT2D eigenvalue weighted by atomic mass is 9.84. The highest BCUT2D eigenvalue weighted by Gasteiger charge is 2.20. The van der Waals surface area contributed by atoms with Crippen LogP contribution in [0.15, 0.2) is 18.2 Å². The maximum Gasteiger partial charge on any atom is 0.0624 e. The van der Waals surface area contributed by atoms with Gasteiger partial charge in [0.15, 0.2) is 0 Å². The quantitative estimate of drug-likeness (QED) is 0.861. The molecule has 0 aliphatic carbocycles. The van der Waals surface area contributed by atoms with Crippen molar-refractivity contribution in [2.45, 2.75) is 39.7 Å². The van der Waals surface area contributed by atoms with Crippen LogP contribution in [0.2, 0.25) is 10.0 Å². The summed E-state index contributed by atoms with van der Waals surface area (Å²) in [5, 5.41) is 1.27. The van der Waals surface area contributed by atoms with E-state index in [1.807, 2.05) is 12.1 Å². The summed E-state index contributed by atoms with van der Waals surface area (Å²) < 4.78 is 0. The molecule has 90 valence electrons. The van der Waals surface area contributed by atoms with Crippen molar-refractivity contribution in [1.29, 1.82) is 0 Å². The van der Waals surface area contributed by atoms with Gasteiger partial charge in [-0.15, -0.1) is 0 Å². The summed E-state index contributed by atoms with van der Waals surface area (Å²) in [6.07, 6.45) is 1.79. The van der Waals surface area contributed by atoms with Gasteiger partial charge >= 0.3 is 0 Å². The van der Waals surface area contributed by atoms with Crippen LogP contribution in [0.5, 0.6) is 0 Å². The number of rotatable bonds is 3. The van der Waals surface area contributed by atoms with Gasteiger partial charge in [-0.3, -0.25) is 0 Å². The first kappa shape index (κ1) is 13.8. The zero-order valence-electron chi connectivity index (χ0n) is 10.1. The van der Waals surface area contributed by atoms with Crippen LogP contribution in [-0.2, 0) is 6.42 Å². The third-order valence-corrected chi connectivity index (χ3v) is 3.73. The molecule has 0 spiro atoms. The van der Waals surface area contributed by atoms with Crippen LogP contribution in [0.25, 0.3) is 0 Å². The van der Waals surface area contributed by atoms with Crippen LogP contribution < -0.4 is 5.73 Å². The van der Waals surface area contributed by atoms with Crippen molar-refractivity contribution in [3.63, 3.8) is 0 Å². The molecule has 0 aliphatic rings. The first-order valence-electron chi connectivity index (χ1n) is 5.51. The highest BCUT2D eigenvalue weighted by atomic mass is 35.5. The summed E-state index contributed by atoms with van der Waals surface area (Å²) >= 11 is 12.1. The van der Waals surface area contributed by atoms with E-state index in [1.54, 1.807) is 6.07 Å². The second-order valence-electron chi connectivity index (χ2n) is 5.22. The van der Waals surface area contributed by atoms with Gasteiger partial charge in [0.25, 0.3) is 0 Å². The van der Waals surface area contributed by atoms with E-state index in [1.165, 1.54) is 0 Å². The monoisotopic (exact) mass is 259 g/mol. The summed E-state index contributed by atoms with van der Waals surface area (Å²) in [6.45, 7) is 6.45. The van der Waals surface area contributed by atoms with E-state index >= 15 is 0 Å². The number of halogens is 2. The molecule has 0 aromatic heterocycles. The highest BCUT2D eigenvalue weighted by Crippen LogP contribution is 2.28. The van der Waals surface area contributed by atoms with E-state index in [4.69, 9.17) is 28.9 Å². The molecule has 16 heavy (non-hydrogen) atoms. The molecule has 0 heterocycles. The second kappa shape index (κ2) is 5.39. The topological polar surface area (TPSA) is 26.0 Å². The van der Waals surface area contributed by atoms with Gasteiger partial charge in [-0.25, -0.2) is 0 Å². The van der Waals surface area contributed by atoms with Gasteiger partial charge in [0.1, 0.15) is 0 Å². The third kappa shape index (κ3) is 3.65. The molecular weight excluding hydrogens is 241 g/mol. The molecule has 1 rings (SSSR count). The largest absolute Gasteiger partial charge is 0.327 e. The van der Waals surface area contributed by atoms with E-state index < -0.39 is 0 Å². The van der Waals surface area contributed by atoms with E-state index in [0.717, 1.165) is 18.4 Å². The standard InChI is InChI=1S/C13H19Cl2N/c1-13(2,3)11(16)8-7-9-5-4-6-10(14)12(9)15/h4-6,11H,7-8,16H2,1-3H3. The lowest BCUT2D eigenvalue weighted by molar-refractivity contribution is 0.306. The van der Waals surface area contributed by atoms with Crippen molar-refractivity contribution in [3.8, 4) is 0 Å². The van der Waals surface area contributed by atoms with Gasteiger partial charge < -0.3 is 5.73 Å². The third-order valence-electron chi connectivity index (χ3n) is 2.87. The van der Waals surface area contributed by atoms with E-state index in [9.17, 15) is 0 Å². The average molecular weight is 260 g/mol. The van der Waals surface area contributed by atoms with Crippen molar-refractivity contribution in [1.82, 2.24) is 0 Å². The lowest BCUT2D eigenvalue weighted by Crippen LogP contribution is -2.35. The van der Waals surface area contributed by atoms with Gasteiger partial charge in [0, 0.05) is 6.04 Å². The molecule has 0 bridgehead atoms. The van der Waals surface area contributed by atoms with E-state index in [-0.39, 0.29) is 11.5 Å². The predicted molar refractivity (Wildman–Crippen MR) is 72.2 cm³/mol. The molecule has 1 nitrogen and oxygen atoms in total. The number of aryl methyl sites for hydroxylation is 1. The number of hydrogen-bond donors (Lipinski definition) is 1. The Balaban J connectivity index is 2.65. The minimum atomic E-state index is 0.130. The van der Waals surface area contributed by atoms with Gasteiger partial charge in [-0.05, 0) is 29.9 Å². The zero-order valence-corrected chi connectivity index (χ0v) is 11.6. The lowest BCUT2D eigenvalue weighted by Gasteiger charge is -2.27. The highest BCUT2D eigenvalue weighted by molar-refractivity contribution is 6.42. The van der Waals surface area contributed by atoms with Crippen LogP contribution >= 0.6 is 23.2 Å². The van der Waals surface area contributed by atoms with Crippen molar-refractivity contribution in [2.24, 2.45) is 11.1 Å². The Morgan fingerprint density at radius 2 is 1.88 bits per heavy atom. The van der Waals surface area contributed by atoms with Gasteiger partial charge in [0.2, 0.25) is 0 Å². The second-order valence-corrected chi connectivity index (χ2v) is 6.01. The molecule has 0 radical (unpaired) electrons. The summed E-state index contributed by atoms with van der Waals surface area (Å²) in [5.74, 6) is 0. The van der Waals surface area contributed by atoms with Crippen LogP contribution in [0.1, 0.15) is 32.8 Å². The van der Waals surface area contributed by atoms with Crippen molar-refractivity contribution in [3.05, 3.63) is 33.8 Å². The Kier molecular flexibility index (Phi) is 4.66. The Morgan fingerprint density at radius 3 is 2.44 bits per heavy atom. The molecule has 1 aromatic rings. The van der Waals surface area contributed by atoms with Gasteiger partial charge in [0.05, 0.1) is 10.0 Å². The molecule has 0 saturated heterocycles. The molecule has 2 N–H and O–H groups in total. The molecule has 1 aromatic carbocycles. The fourth-order valence-corrected chi connectivity index (χ4v) is 1.90. The van der Waals surface area contributed by atoms with Crippen molar-refractivity contribution >= 4 is 23.2 Å². The normalized spacial score (nSPS) is 13.9. The number of nitrogens with two attached hydrogens (primary N) is 1. The molecule has 1 unspecified atom stereocenters. The van der Waals surface area contributed by atoms with Gasteiger partial charge in [-0.1, -0.05) is 56.1 Å². The Hall–Kier alpha value is -0.240. The molecule has 1 atom stereocenters. The Morgan fingerprint density at radius 1 is 1.25 bits per heavy atom. The van der Waals surface area contributed by atoms with Crippen LogP contribution in [-0.4, -0.2) is 6.04 Å². The number of benzene rings is 1. The first-order chi connectivity index (χ1) is 7.32. The SMILES string of the molecule is CC(C)(C)C(N)CCc1cccc(Cl)c1Cl. The van der Waals surface area contributed by atoms with E-state index in [0.29, 0.717) is 10.0 Å². The minimum absolute atomic E-state index is 0.130. The Bertz CT molecular complexity index is 355. The fourth-order valence-electron chi connectivity index (χ4n) is 1.49. The first-order valence-corrected chi connectivity index (χ1v) is 6.26. The number of hydrogen-bond acceptors (Lipinski definition) is 1. The predicted octanol–water partition coefficient (Wildman–Crippen LogP) is 4.30. The molecule has 0 saturated carbocycles. The van der Waals surface area contributed by atoms with Crippen molar-refractivity contribution in [2.75, 3.05) is 0 Å². The van der Waals surface area contributed by atoms with Crippen LogP contribution in [0, 0.1) is 5.41 Å². The van der Waals surface area contributed by atoms with Gasteiger partial charge in [-0.2, -0.15) is 0 Å². The summed E-state index contributed by atoms with van der Waals surface area (Å²) in [7, 11) is 0. The smallest absolute Gasteiger partial charge is 0.0624 e. The molecule has 3 heteroatoms. The molecular formula is C13H19Cl2N. The maximum absolute atomic E-state index is 6.12. The minimum Gasteiger partial charge on any atom is -0.327 e. The summed E-state index contributed by atoms with van der Waals surface area (Å²) in [6, 6.07) is 5.90. The van der Waals surface area contributed by atoms with Crippen molar-refractivity contribution < 1.29 is 0 Å². The summed E-state index contributed by atoms with van der Waals surface area (Å²) in [5.41, 5.74) is 7.32. The molecule has 0 fully saturated rings. The molecule has 0 amide bonds. The summed E-state index contributed by atoms with van der Waals surface area (Å²) in [4.78, 5) is 0. The maximum atomic E-state index is 6.12. The molecule has 0 aliphatic heterocycles. The van der Waals surface area contributed by atoms with Crippen LogP contribution in [0.4, 0.5) is 0 Å². The van der Waals surface area contributed by atoms with Crippen LogP contribution in [0.3, 0.4) is 0 Å². The zero-order chi connectivity index (χ0) is 12.3. The Labute approximate surface area is 108 Å². The van der Waals surface area contributed by atoms with E-state index in [2.05, 4.69) is 20.8 Å². The fraction of sp³-hybridized carbons (Fsp3) is 0.538. The average Bonchev–Trinajstić information content (AvgIpc) is 2.18.